The highest BCUT2D eigenvalue weighted by molar-refractivity contribution is 8.33. The first-order valence-corrected chi connectivity index (χ1v) is 15.7. The van der Waals surface area contributed by atoms with Crippen molar-refractivity contribution >= 4 is 21.9 Å². The van der Waals surface area contributed by atoms with E-state index in [9.17, 15) is 15.0 Å². The molecule has 5 nitrogen and oxygen atoms in total. The molecule has 3 N–H and O–H groups in total. The van der Waals surface area contributed by atoms with Crippen molar-refractivity contribution in [2.24, 2.45) is 0 Å². The van der Waals surface area contributed by atoms with E-state index in [-0.39, 0.29) is 18.2 Å². The third kappa shape index (κ3) is 6.02. The molecular weight excluding hydrogens is 494 g/mol. The maximum atomic E-state index is 12.0. The molecule has 1 aliphatic rings. The van der Waals surface area contributed by atoms with Gasteiger partial charge >= 0.3 is 5.97 Å². The van der Waals surface area contributed by atoms with E-state index < -0.39 is 21.8 Å². The molecule has 0 saturated heterocycles. The van der Waals surface area contributed by atoms with Crippen LogP contribution in [0.5, 0.6) is 5.75 Å². The molecule has 1 unspecified atom stereocenters. The van der Waals surface area contributed by atoms with Crippen LogP contribution in [0.4, 0.5) is 5.69 Å². The van der Waals surface area contributed by atoms with Crippen LogP contribution >= 0.6 is 10.2 Å². The van der Waals surface area contributed by atoms with Crippen molar-refractivity contribution in [3.63, 3.8) is 0 Å². The summed E-state index contributed by atoms with van der Waals surface area (Å²) in [4.78, 5) is 12.0. The van der Waals surface area contributed by atoms with Crippen LogP contribution < -0.4 is 4.31 Å². The summed E-state index contributed by atoms with van der Waals surface area (Å²) in [6.45, 7) is 13.6. The number of phenols is 1. The maximum absolute atomic E-state index is 12.0. The number of anilines is 1. The molecule has 6 heteroatoms. The highest BCUT2D eigenvalue weighted by Crippen LogP contribution is 2.61. The number of aromatic hydroxyl groups is 1. The van der Waals surface area contributed by atoms with Crippen LogP contribution in [0.15, 0.2) is 42.5 Å². The van der Waals surface area contributed by atoms with Gasteiger partial charge in [-0.25, -0.2) is 0 Å². The predicted octanol–water partition coefficient (Wildman–Crippen LogP) is 7.55. The molecule has 0 amide bonds. The molecule has 0 radical (unpaired) electrons. The van der Waals surface area contributed by atoms with Crippen LogP contribution in [0.3, 0.4) is 0 Å². The van der Waals surface area contributed by atoms with Crippen molar-refractivity contribution in [1.29, 1.82) is 0 Å². The van der Waals surface area contributed by atoms with Crippen molar-refractivity contribution in [3.05, 3.63) is 70.3 Å². The van der Waals surface area contributed by atoms with Crippen LogP contribution in [0.25, 0.3) is 22.3 Å². The number of nitrogens with zero attached hydrogens (tertiary/aromatic N) is 1. The number of phenolic OH excluding ortho intramolecular Hbond substituents is 1. The molecule has 0 saturated carbocycles. The number of rotatable bonds is 4. The van der Waals surface area contributed by atoms with Gasteiger partial charge in [-0.3, -0.25) is 4.79 Å². The maximum Gasteiger partial charge on any atom is 0.307 e. The number of fused-ring (bicyclic) bond motifs is 3. The second-order valence-electron chi connectivity index (χ2n) is 12.0. The van der Waals surface area contributed by atoms with Gasteiger partial charge in [0.15, 0.2) is 0 Å². The van der Waals surface area contributed by atoms with Gasteiger partial charge in [-0.1, -0.05) is 42.0 Å². The molecular formula is C32H43NO4S. The summed E-state index contributed by atoms with van der Waals surface area (Å²) >= 11 is 0. The van der Waals surface area contributed by atoms with Gasteiger partial charge in [0.25, 0.3) is 0 Å². The smallest absolute Gasteiger partial charge is 0.307 e. The van der Waals surface area contributed by atoms with Crippen LogP contribution in [0, 0.1) is 20.8 Å². The van der Waals surface area contributed by atoms with Gasteiger partial charge in [-0.2, -0.15) is 10.2 Å². The van der Waals surface area contributed by atoms with E-state index in [4.69, 9.17) is 5.11 Å². The molecule has 0 aromatic heterocycles. The minimum absolute atomic E-state index is 0.0432. The highest BCUT2D eigenvalue weighted by Gasteiger charge is 2.38. The van der Waals surface area contributed by atoms with E-state index in [0.717, 1.165) is 55.8 Å². The number of carbonyl (C=O) groups is 1. The van der Waals surface area contributed by atoms with E-state index >= 15 is 0 Å². The van der Waals surface area contributed by atoms with Crippen molar-refractivity contribution in [1.82, 2.24) is 0 Å². The number of benzene rings is 3. The van der Waals surface area contributed by atoms with Gasteiger partial charge < -0.3 is 19.6 Å². The number of aliphatic carboxylic acids is 1. The SMILES string of the molecule is CC(C)(C)O.Cc1ccc(-c2c(C)c3c(c(C)c2CC(=O)O)N(S(C)(C)C)C(C)c2cccc(O)c2-3)cc1. The Morgan fingerprint density at radius 2 is 1.47 bits per heavy atom. The summed E-state index contributed by atoms with van der Waals surface area (Å²) in [6.07, 6.45) is 6.75. The van der Waals surface area contributed by atoms with Crippen molar-refractivity contribution < 1.29 is 20.1 Å². The van der Waals surface area contributed by atoms with Gasteiger partial charge in [-0.05, 0) is 107 Å². The second kappa shape index (κ2) is 10.7. The first-order chi connectivity index (χ1) is 17.4. The number of hydrogen-bond donors (Lipinski definition) is 3. The van der Waals surface area contributed by atoms with Crippen LogP contribution in [0.1, 0.15) is 61.6 Å². The number of hydrogen-bond acceptors (Lipinski definition) is 4. The van der Waals surface area contributed by atoms with Gasteiger partial charge in [-0.15, -0.1) is 0 Å². The van der Waals surface area contributed by atoms with E-state index in [1.807, 2.05) is 19.9 Å². The standard InChI is InChI=1S/C28H33NO3S.C4H10O/c1-16-11-13-20(14-12-16)25-18(3)26-27-21(9-8-10-23(27)30)19(4)29(33(5,6)7)28(26)17(2)22(25)15-24(31)32;1-4(2,3)5/h8-14,19,30H,15H2,1-7H3,(H,31,32);5H,1-3H3. The topological polar surface area (TPSA) is 81.0 Å². The normalized spacial score (nSPS) is 15.2. The molecule has 1 heterocycles. The Morgan fingerprint density at radius 1 is 0.921 bits per heavy atom. The van der Waals surface area contributed by atoms with E-state index in [1.165, 1.54) is 0 Å². The first kappa shape index (κ1) is 29.6. The van der Waals surface area contributed by atoms with Crippen LogP contribution in [0.2, 0.25) is 0 Å². The molecule has 206 valence electrons. The molecule has 38 heavy (non-hydrogen) atoms. The Hall–Kier alpha value is -2.96. The Bertz CT molecular complexity index is 1340. The molecule has 4 rings (SSSR count). The molecule has 0 bridgehead atoms. The average Bonchev–Trinajstić information content (AvgIpc) is 2.76. The number of aryl methyl sites for hydroxylation is 1. The first-order valence-electron chi connectivity index (χ1n) is 12.9. The fourth-order valence-corrected chi connectivity index (χ4v) is 7.20. The largest absolute Gasteiger partial charge is 0.507 e. The summed E-state index contributed by atoms with van der Waals surface area (Å²) in [7, 11) is -1.21. The zero-order valence-corrected chi connectivity index (χ0v) is 25.2. The molecule has 0 spiro atoms. The van der Waals surface area contributed by atoms with Crippen LogP contribution in [-0.4, -0.2) is 45.7 Å². The zero-order chi connectivity index (χ0) is 28.7. The van der Waals surface area contributed by atoms with Crippen LogP contribution in [-0.2, 0) is 11.2 Å². The Kier molecular flexibility index (Phi) is 8.30. The molecule has 0 fully saturated rings. The second-order valence-corrected chi connectivity index (χ2v) is 15.9. The van der Waals surface area contributed by atoms with Gasteiger partial charge in [0.2, 0.25) is 0 Å². The van der Waals surface area contributed by atoms with Gasteiger partial charge in [0, 0.05) is 11.1 Å². The summed E-state index contributed by atoms with van der Waals surface area (Å²) < 4.78 is 2.47. The minimum Gasteiger partial charge on any atom is -0.507 e. The summed E-state index contributed by atoms with van der Waals surface area (Å²) in [6, 6.07) is 14.1. The third-order valence-electron chi connectivity index (χ3n) is 6.70. The fraction of sp³-hybridized carbons (Fsp3) is 0.406. The molecule has 1 aliphatic heterocycles. The highest BCUT2D eigenvalue weighted by atomic mass is 32.3. The third-order valence-corrected chi connectivity index (χ3v) is 8.38. The number of carboxylic acids is 1. The summed E-state index contributed by atoms with van der Waals surface area (Å²) in [5.41, 5.74) is 9.52. The molecule has 3 aromatic carbocycles. The lowest BCUT2D eigenvalue weighted by Gasteiger charge is -2.51. The lowest BCUT2D eigenvalue weighted by molar-refractivity contribution is -0.136. The predicted molar refractivity (Wildman–Crippen MR) is 163 cm³/mol. The number of aliphatic hydroxyl groups is 1. The quantitative estimate of drug-likeness (QED) is 0.320. The van der Waals surface area contributed by atoms with Crippen molar-refractivity contribution in [2.75, 3.05) is 23.1 Å². The Balaban J connectivity index is 0.000000732. The lowest BCUT2D eigenvalue weighted by atomic mass is 9.79. The summed E-state index contributed by atoms with van der Waals surface area (Å²) in [5, 5.41) is 29.4. The molecule has 1 atom stereocenters. The van der Waals surface area contributed by atoms with E-state index in [0.29, 0.717) is 0 Å². The average molecular weight is 538 g/mol. The lowest BCUT2D eigenvalue weighted by Crippen LogP contribution is -2.33. The fourth-order valence-electron chi connectivity index (χ4n) is 5.36. The molecule has 3 aromatic rings. The van der Waals surface area contributed by atoms with Gasteiger partial charge in [0.05, 0.1) is 23.8 Å². The zero-order valence-electron chi connectivity index (χ0n) is 24.4. The summed E-state index contributed by atoms with van der Waals surface area (Å²) in [5.74, 6) is -0.569. The van der Waals surface area contributed by atoms with Crippen molar-refractivity contribution in [3.8, 4) is 28.0 Å². The van der Waals surface area contributed by atoms with Gasteiger partial charge in [0.1, 0.15) is 5.75 Å². The minimum atomic E-state index is -1.21. The monoisotopic (exact) mass is 537 g/mol. The molecule has 0 aliphatic carbocycles. The number of carboxylic acid groups (broad SMARTS) is 1. The Morgan fingerprint density at radius 3 is 1.97 bits per heavy atom. The van der Waals surface area contributed by atoms with E-state index in [2.05, 4.69) is 67.3 Å². The van der Waals surface area contributed by atoms with Crippen molar-refractivity contribution in [2.45, 2.75) is 66.5 Å². The Labute approximate surface area is 229 Å². The van der Waals surface area contributed by atoms with E-state index in [1.54, 1.807) is 26.8 Å².